The lowest BCUT2D eigenvalue weighted by Gasteiger charge is -2.09. The van der Waals surface area contributed by atoms with Crippen molar-refractivity contribution in [1.29, 1.82) is 0 Å². The fourth-order valence-electron chi connectivity index (χ4n) is 2.58. The monoisotopic (exact) mass is 411 g/mol. The number of esters is 2. The molecule has 0 radical (unpaired) electrons. The van der Waals surface area contributed by atoms with E-state index in [9.17, 15) is 14.4 Å². The number of aryl methyl sites for hydroxylation is 1. The van der Waals surface area contributed by atoms with Gasteiger partial charge in [-0.2, -0.15) is 0 Å². The van der Waals surface area contributed by atoms with E-state index in [0.717, 1.165) is 5.56 Å². The van der Waals surface area contributed by atoms with E-state index in [4.69, 9.17) is 9.47 Å². The number of hydrogen-bond donors (Lipinski definition) is 1. The van der Waals surface area contributed by atoms with Crippen molar-refractivity contribution in [2.75, 3.05) is 19.5 Å². The molecule has 1 amide bonds. The largest absolute Gasteiger partial charge is 0.465 e. The molecule has 0 atom stereocenters. The Morgan fingerprint density at radius 2 is 1.69 bits per heavy atom. The maximum absolute atomic E-state index is 12.8. The minimum absolute atomic E-state index is 0.114. The summed E-state index contributed by atoms with van der Waals surface area (Å²) in [7, 11) is 2.46. The molecule has 0 fully saturated rings. The maximum atomic E-state index is 12.8. The van der Waals surface area contributed by atoms with Crippen LogP contribution in [0.2, 0.25) is 0 Å². The Balaban J connectivity index is 1.91. The van der Waals surface area contributed by atoms with Gasteiger partial charge in [-0.25, -0.2) is 14.6 Å². The lowest BCUT2D eigenvalue weighted by atomic mass is 10.1. The molecule has 1 N–H and O–H groups in total. The number of aromatic nitrogens is 2. The SMILES string of the molecule is COC(=O)c1cc(NC(=O)c2sc(-c3cccnc3)nc2C)cc(C(=O)OC)c1. The van der Waals surface area contributed by atoms with Crippen LogP contribution in [0.1, 0.15) is 36.1 Å². The van der Waals surface area contributed by atoms with Crippen molar-refractivity contribution in [2.24, 2.45) is 0 Å². The highest BCUT2D eigenvalue weighted by atomic mass is 32.1. The molecular weight excluding hydrogens is 394 g/mol. The Labute approximate surface area is 170 Å². The van der Waals surface area contributed by atoms with Gasteiger partial charge in [0, 0.05) is 23.6 Å². The van der Waals surface area contributed by atoms with E-state index in [-0.39, 0.29) is 16.8 Å². The molecule has 0 aliphatic carbocycles. The molecule has 0 saturated carbocycles. The van der Waals surface area contributed by atoms with Crippen molar-refractivity contribution in [3.63, 3.8) is 0 Å². The van der Waals surface area contributed by atoms with Crippen LogP contribution in [0.3, 0.4) is 0 Å². The lowest BCUT2D eigenvalue weighted by Crippen LogP contribution is -2.14. The summed E-state index contributed by atoms with van der Waals surface area (Å²) in [6.07, 6.45) is 3.33. The van der Waals surface area contributed by atoms with Gasteiger partial charge in [-0.3, -0.25) is 9.78 Å². The molecule has 0 aliphatic heterocycles. The summed E-state index contributed by atoms with van der Waals surface area (Å²) < 4.78 is 9.41. The molecule has 2 aromatic heterocycles. The van der Waals surface area contributed by atoms with Crippen LogP contribution in [0.5, 0.6) is 0 Å². The average Bonchev–Trinajstić information content (AvgIpc) is 3.14. The predicted molar refractivity (Wildman–Crippen MR) is 107 cm³/mol. The first-order valence-electron chi connectivity index (χ1n) is 8.44. The predicted octanol–water partition coefficient (Wildman–Crippen LogP) is 3.34. The number of anilines is 1. The van der Waals surface area contributed by atoms with Crippen LogP contribution in [-0.4, -0.2) is 42.0 Å². The zero-order valence-electron chi connectivity index (χ0n) is 15.9. The number of nitrogens with one attached hydrogen (secondary N) is 1. The highest BCUT2D eigenvalue weighted by Gasteiger charge is 2.19. The third-order valence-corrected chi connectivity index (χ3v) is 5.15. The average molecular weight is 411 g/mol. The molecule has 29 heavy (non-hydrogen) atoms. The molecule has 0 aliphatic rings. The third-order valence-electron chi connectivity index (χ3n) is 3.94. The number of thiazole rings is 1. The Hall–Kier alpha value is -3.59. The third kappa shape index (κ3) is 4.46. The van der Waals surface area contributed by atoms with Gasteiger partial charge in [0.1, 0.15) is 9.88 Å². The minimum atomic E-state index is -0.640. The van der Waals surface area contributed by atoms with E-state index in [2.05, 4.69) is 15.3 Å². The first kappa shape index (κ1) is 20.2. The molecule has 2 heterocycles. The summed E-state index contributed by atoms with van der Waals surface area (Å²) in [5.41, 5.74) is 1.85. The van der Waals surface area contributed by atoms with Crippen LogP contribution in [0.25, 0.3) is 10.6 Å². The van der Waals surface area contributed by atoms with E-state index in [1.807, 2.05) is 6.07 Å². The number of ether oxygens (including phenoxy) is 2. The standard InChI is InChI=1S/C20H17N3O5S/c1-11-16(29-18(22-11)12-5-4-6-21-10-12)17(24)23-15-8-13(19(25)27-2)7-14(9-15)20(26)28-3/h4-10H,1-3H3,(H,23,24). The molecule has 0 unspecified atom stereocenters. The van der Waals surface area contributed by atoms with Crippen LogP contribution in [-0.2, 0) is 9.47 Å². The second-order valence-corrected chi connectivity index (χ2v) is 6.91. The second kappa shape index (κ2) is 8.61. The zero-order chi connectivity index (χ0) is 21.0. The topological polar surface area (TPSA) is 107 Å². The smallest absolute Gasteiger partial charge is 0.337 e. The van der Waals surface area contributed by atoms with Gasteiger partial charge in [-0.15, -0.1) is 11.3 Å². The summed E-state index contributed by atoms with van der Waals surface area (Å²) in [6, 6.07) is 7.84. The number of pyridine rings is 1. The van der Waals surface area contributed by atoms with Crippen molar-refractivity contribution < 1.29 is 23.9 Å². The maximum Gasteiger partial charge on any atom is 0.337 e. The van der Waals surface area contributed by atoms with Gasteiger partial charge in [0.2, 0.25) is 0 Å². The van der Waals surface area contributed by atoms with E-state index in [1.165, 1.54) is 43.8 Å². The molecule has 3 aromatic rings. The first-order valence-corrected chi connectivity index (χ1v) is 9.25. The van der Waals surface area contributed by atoms with Crippen LogP contribution < -0.4 is 5.32 Å². The summed E-state index contributed by atoms with van der Waals surface area (Å²) in [5, 5.41) is 3.37. The first-order chi connectivity index (χ1) is 13.9. The minimum Gasteiger partial charge on any atom is -0.465 e. The molecule has 0 spiro atoms. The summed E-state index contributed by atoms with van der Waals surface area (Å²) >= 11 is 1.22. The number of rotatable bonds is 5. The molecule has 1 aromatic carbocycles. The number of carbonyl (C=O) groups excluding carboxylic acids is 3. The molecule has 9 heteroatoms. The van der Waals surface area contributed by atoms with Crippen LogP contribution in [0.15, 0.2) is 42.7 Å². The fraction of sp³-hybridized carbons (Fsp3) is 0.150. The Bertz CT molecular complexity index is 1040. The van der Waals surface area contributed by atoms with Crippen molar-refractivity contribution in [1.82, 2.24) is 9.97 Å². The van der Waals surface area contributed by atoms with Crippen molar-refractivity contribution in [3.05, 3.63) is 64.4 Å². The van der Waals surface area contributed by atoms with E-state index >= 15 is 0 Å². The Kier molecular flexibility index (Phi) is 5.99. The summed E-state index contributed by atoms with van der Waals surface area (Å²) in [5.74, 6) is -1.69. The Morgan fingerprint density at radius 1 is 1.03 bits per heavy atom. The van der Waals surface area contributed by atoms with E-state index in [1.54, 1.807) is 25.4 Å². The molecular formula is C20H17N3O5S. The van der Waals surface area contributed by atoms with Gasteiger partial charge in [0.05, 0.1) is 31.0 Å². The number of nitrogens with zero attached hydrogens (tertiary/aromatic N) is 2. The quantitative estimate of drug-likeness (QED) is 0.642. The van der Waals surface area contributed by atoms with Crippen LogP contribution >= 0.6 is 11.3 Å². The summed E-state index contributed by atoms with van der Waals surface area (Å²) in [4.78, 5) is 45.5. The van der Waals surface area contributed by atoms with Gasteiger partial charge in [0.15, 0.2) is 0 Å². The number of carbonyl (C=O) groups is 3. The lowest BCUT2D eigenvalue weighted by molar-refractivity contribution is 0.0599. The van der Waals surface area contributed by atoms with Gasteiger partial charge < -0.3 is 14.8 Å². The van der Waals surface area contributed by atoms with Gasteiger partial charge in [0.25, 0.3) is 5.91 Å². The van der Waals surface area contributed by atoms with Gasteiger partial charge in [-0.1, -0.05) is 0 Å². The van der Waals surface area contributed by atoms with Gasteiger partial charge >= 0.3 is 11.9 Å². The fourth-order valence-corrected chi connectivity index (χ4v) is 3.53. The molecule has 3 rings (SSSR count). The normalized spacial score (nSPS) is 10.3. The van der Waals surface area contributed by atoms with E-state index in [0.29, 0.717) is 15.6 Å². The molecule has 8 nitrogen and oxygen atoms in total. The highest BCUT2D eigenvalue weighted by Crippen LogP contribution is 2.28. The van der Waals surface area contributed by atoms with Gasteiger partial charge in [-0.05, 0) is 37.3 Å². The highest BCUT2D eigenvalue weighted by molar-refractivity contribution is 7.17. The number of benzene rings is 1. The van der Waals surface area contributed by atoms with Crippen LogP contribution in [0, 0.1) is 6.92 Å². The van der Waals surface area contributed by atoms with Crippen LogP contribution in [0.4, 0.5) is 5.69 Å². The number of amides is 1. The Morgan fingerprint density at radius 3 is 2.24 bits per heavy atom. The molecule has 148 valence electrons. The second-order valence-electron chi connectivity index (χ2n) is 5.91. The molecule has 0 bridgehead atoms. The van der Waals surface area contributed by atoms with Crippen molar-refractivity contribution in [3.8, 4) is 10.6 Å². The number of methoxy groups -OCH3 is 2. The van der Waals surface area contributed by atoms with E-state index < -0.39 is 17.8 Å². The van der Waals surface area contributed by atoms with Crippen molar-refractivity contribution in [2.45, 2.75) is 6.92 Å². The zero-order valence-corrected chi connectivity index (χ0v) is 16.7. The summed E-state index contributed by atoms with van der Waals surface area (Å²) in [6.45, 7) is 1.73. The number of hydrogen-bond acceptors (Lipinski definition) is 8. The van der Waals surface area contributed by atoms with Crippen molar-refractivity contribution >= 4 is 34.9 Å². The molecule has 0 saturated heterocycles.